The molecule has 0 saturated heterocycles. The molecule has 0 heterocycles. The van der Waals surface area contributed by atoms with Gasteiger partial charge in [-0.15, -0.1) is 11.6 Å². The summed E-state index contributed by atoms with van der Waals surface area (Å²) in [7, 11) is 0. The summed E-state index contributed by atoms with van der Waals surface area (Å²) in [5, 5.41) is 9.15. The molecule has 0 amide bonds. The Morgan fingerprint density at radius 3 is 2.41 bits per heavy atom. The molecule has 2 atom stereocenters. The van der Waals surface area contributed by atoms with Crippen molar-refractivity contribution in [2.45, 2.75) is 18.7 Å². The monoisotopic (exact) mass is 250 g/mol. The number of carboxylic acid groups (broad SMARTS) is 1. The van der Waals surface area contributed by atoms with Crippen LogP contribution in [0.25, 0.3) is 6.08 Å². The minimum atomic E-state index is -1.15. The minimum absolute atomic E-state index is 0.130. The zero-order valence-corrected chi connectivity index (χ0v) is 10.6. The lowest BCUT2D eigenvalue weighted by molar-refractivity contribution is -0.138. The molecule has 1 saturated carbocycles. The lowest BCUT2D eigenvalue weighted by atomic mass is 10.1. The molecule has 17 heavy (non-hydrogen) atoms. The molecule has 1 N–H and O–H groups in total. The van der Waals surface area contributed by atoms with Crippen LogP contribution >= 0.6 is 11.6 Å². The second-order valence-corrected chi connectivity index (χ2v) is 5.58. The van der Waals surface area contributed by atoms with Crippen LogP contribution in [0, 0.1) is 11.3 Å². The van der Waals surface area contributed by atoms with Crippen molar-refractivity contribution < 1.29 is 9.90 Å². The van der Waals surface area contributed by atoms with Gasteiger partial charge in [0.15, 0.2) is 4.87 Å². The molecule has 1 aromatic rings. The van der Waals surface area contributed by atoms with Crippen molar-refractivity contribution in [3.63, 3.8) is 0 Å². The molecule has 0 spiro atoms. The van der Waals surface area contributed by atoms with Gasteiger partial charge in [0, 0.05) is 11.3 Å². The van der Waals surface area contributed by atoms with Gasteiger partial charge in [0.05, 0.1) is 0 Å². The van der Waals surface area contributed by atoms with Crippen molar-refractivity contribution in [2.75, 3.05) is 0 Å². The largest absolute Gasteiger partial charge is 0.480 e. The highest BCUT2D eigenvalue weighted by Crippen LogP contribution is 2.66. The first kappa shape index (κ1) is 12.2. The number of hydrogen-bond acceptors (Lipinski definition) is 1. The van der Waals surface area contributed by atoms with E-state index in [1.807, 2.05) is 56.3 Å². The Morgan fingerprint density at radius 2 is 1.94 bits per heavy atom. The predicted octanol–water partition coefficient (Wildman–Crippen LogP) is 3.42. The lowest BCUT2D eigenvalue weighted by Gasteiger charge is -2.03. The van der Waals surface area contributed by atoms with Crippen molar-refractivity contribution in [3.8, 4) is 0 Å². The van der Waals surface area contributed by atoms with E-state index in [0.29, 0.717) is 0 Å². The average molecular weight is 251 g/mol. The zero-order chi connectivity index (χ0) is 12.7. The van der Waals surface area contributed by atoms with Crippen LogP contribution in [0.3, 0.4) is 0 Å². The summed E-state index contributed by atoms with van der Waals surface area (Å²) in [5.41, 5.74) is 0.658. The van der Waals surface area contributed by atoms with Crippen LogP contribution in [0.2, 0.25) is 0 Å². The summed E-state index contributed by atoms with van der Waals surface area (Å²) >= 11 is 6.15. The smallest absolute Gasteiger partial charge is 0.325 e. The molecular formula is C14H15ClO2. The number of aliphatic carboxylic acids is 1. The fraction of sp³-hybridized carbons (Fsp3) is 0.357. The van der Waals surface area contributed by atoms with E-state index >= 15 is 0 Å². The number of alkyl halides is 1. The molecule has 3 heteroatoms. The third kappa shape index (κ3) is 1.77. The molecule has 1 aliphatic carbocycles. The number of benzene rings is 1. The Balaban J connectivity index is 2.17. The Labute approximate surface area is 106 Å². The third-order valence-electron chi connectivity index (χ3n) is 3.65. The van der Waals surface area contributed by atoms with Gasteiger partial charge in [-0.05, 0) is 5.56 Å². The van der Waals surface area contributed by atoms with Crippen LogP contribution in [0.1, 0.15) is 19.4 Å². The number of allylic oxidation sites excluding steroid dienone is 1. The van der Waals surface area contributed by atoms with Crippen LogP contribution in [0.4, 0.5) is 0 Å². The number of carboxylic acids is 1. The molecule has 2 nitrogen and oxygen atoms in total. The number of halogens is 1. The first-order valence-electron chi connectivity index (χ1n) is 5.56. The van der Waals surface area contributed by atoms with Gasteiger partial charge in [0.2, 0.25) is 0 Å². The standard InChI is InChI=1S/C14H15ClO2/c1-13(2)11(14(13,15)12(16)17)9-8-10-6-4-3-5-7-10/h3-9,11H,1-2H3,(H,16,17). The Kier molecular flexibility index (Phi) is 2.78. The quantitative estimate of drug-likeness (QED) is 0.835. The van der Waals surface area contributed by atoms with Gasteiger partial charge in [-0.3, -0.25) is 4.79 Å². The van der Waals surface area contributed by atoms with Gasteiger partial charge in [-0.2, -0.15) is 0 Å². The summed E-state index contributed by atoms with van der Waals surface area (Å²) in [6, 6.07) is 9.79. The molecule has 90 valence electrons. The van der Waals surface area contributed by atoms with Crippen molar-refractivity contribution in [2.24, 2.45) is 11.3 Å². The summed E-state index contributed by atoms with van der Waals surface area (Å²) in [4.78, 5) is 10.0. The summed E-state index contributed by atoms with van der Waals surface area (Å²) in [6.07, 6.45) is 3.83. The van der Waals surface area contributed by atoms with Gasteiger partial charge < -0.3 is 5.11 Å². The van der Waals surface area contributed by atoms with Gasteiger partial charge in [-0.1, -0.05) is 56.3 Å². The molecule has 1 fully saturated rings. The maximum Gasteiger partial charge on any atom is 0.325 e. The van der Waals surface area contributed by atoms with E-state index in [1.54, 1.807) is 0 Å². The first-order chi connectivity index (χ1) is 7.90. The highest BCUT2D eigenvalue weighted by atomic mass is 35.5. The molecule has 1 aliphatic rings. The van der Waals surface area contributed by atoms with Crippen LogP contribution in [-0.2, 0) is 4.79 Å². The van der Waals surface area contributed by atoms with E-state index in [4.69, 9.17) is 16.7 Å². The molecule has 1 aromatic carbocycles. The number of rotatable bonds is 3. The van der Waals surface area contributed by atoms with E-state index in [0.717, 1.165) is 5.56 Å². The zero-order valence-electron chi connectivity index (χ0n) is 9.85. The van der Waals surface area contributed by atoms with Crippen molar-refractivity contribution >= 4 is 23.6 Å². The molecule has 2 unspecified atom stereocenters. The van der Waals surface area contributed by atoms with Gasteiger partial charge in [0.25, 0.3) is 0 Å². The molecule has 0 bridgehead atoms. The summed E-state index contributed by atoms with van der Waals surface area (Å²) < 4.78 is 0. The van der Waals surface area contributed by atoms with E-state index in [1.165, 1.54) is 0 Å². The predicted molar refractivity (Wildman–Crippen MR) is 69.0 cm³/mol. The lowest BCUT2D eigenvalue weighted by Crippen LogP contribution is -2.21. The Bertz CT molecular complexity index is 464. The van der Waals surface area contributed by atoms with E-state index in [2.05, 4.69) is 0 Å². The summed E-state index contributed by atoms with van der Waals surface area (Å²) in [5.74, 6) is -1.07. The second kappa shape index (κ2) is 3.88. The van der Waals surface area contributed by atoms with Gasteiger partial charge >= 0.3 is 5.97 Å². The van der Waals surface area contributed by atoms with Gasteiger partial charge in [0.1, 0.15) is 0 Å². The number of carbonyl (C=O) groups is 1. The van der Waals surface area contributed by atoms with Crippen LogP contribution in [-0.4, -0.2) is 16.0 Å². The van der Waals surface area contributed by atoms with Crippen molar-refractivity contribution in [1.82, 2.24) is 0 Å². The number of hydrogen-bond donors (Lipinski definition) is 1. The fourth-order valence-electron chi connectivity index (χ4n) is 2.30. The van der Waals surface area contributed by atoms with E-state index in [9.17, 15) is 4.79 Å². The Hall–Kier alpha value is -1.28. The molecule has 0 radical (unpaired) electrons. The van der Waals surface area contributed by atoms with Crippen LogP contribution < -0.4 is 0 Å². The molecule has 0 aliphatic heterocycles. The van der Waals surface area contributed by atoms with Crippen molar-refractivity contribution in [1.29, 1.82) is 0 Å². The van der Waals surface area contributed by atoms with Gasteiger partial charge in [-0.25, -0.2) is 0 Å². The highest BCUT2D eigenvalue weighted by Gasteiger charge is 2.74. The SMILES string of the molecule is CC1(C)C(C=Cc2ccccc2)C1(Cl)C(=O)O. The Morgan fingerprint density at radius 1 is 1.35 bits per heavy atom. The van der Waals surface area contributed by atoms with Crippen LogP contribution in [0.5, 0.6) is 0 Å². The topological polar surface area (TPSA) is 37.3 Å². The molecule has 0 aromatic heterocycles. The average Bonchev–Trinajstić information content (AvgIpc) is 2.73. The highest BCUT2D eigenvalue weighted by molar-refractivity contribution is 6.37. The maximum absolute atomic E-state index is 11.2. The van der Waals surface area contributed by atoms with E-state index in [-0.39, 0.29) is 5.92 Å². The minimum Gasteiger partial charge on any atom is -0.480 e. The molecule has 2 rings (SSSR count). The fourth-order valence-corrected chi connectivity index (χ4v) is 2.71. The maximum atomic E-state index is 11.2. The van der Waals surface area contributed by atoms with E-state index < -0.39 is 16.3 Å². The second-order valence-electron chi connectivity index (χ2n) is 4.99. The van der Waals surface area contributed by atoms with Crippen LogP contribution in [0.15, 0.2) is 36.4 Å². The molecular weight excluding hydrogens is 236 g/mol. The normalized spacial score (nSPS) is 30.4. The third-order valence-corrected chi connectivity index (χ3v) is 4.54. The van der Waals surface area contributed by atoms with Crippen molar-refractivity contribution in [3.05, 3.63) is 42.0 Å². The summed E-state index contributed by atoms with van der Waals surface area (Å²) in [6.45, 7) is 3.77. The first-order valence-corrected chi connectivity index (χ1v) is 5.94.